The van der Waals surface area contributed by atoms with Gasteiger partial charge >= 0.3 is 0 Å². The molecule has 0 amide bonds. The minimum absolute atomic E-state index is 0.142. The maximum absolute atomic E-state index is 13.4. The SMILES string of the molecule is CC(N)c1cccnc1OCc1ccccc1F. The van der Waals surface area contributed by atoms with Gasteiger partial charge < -0.3 is 10.5 Å². The molecular formula is C14H15FN2O. The first-order chi connectivity index (χ1) is 8.68. The van der Waals surface area contributed by atoms with E-state index in [1.165, 1.54) is 6.07 Å². The molecular weight excluding hydrogens is 231 g/mol. The van der Waals surface area contributed by atoms with Gasteiger partial charge in [-0.25, -0.2) is 9.37 Å². The number of benzene rings is 1. The number of nitrogens with zero attached hydrogens (tertiary/aromatic N) is 1. The molecule has 1 aromatic heterocycles. The monoisotopic (exact) mass is 246 g/mol. The first-order valence-electron chi connectivity index (χ1n) is 5.75. The highest BCUT2D eigenvalue weighted by Gasteiger charge is 2.09. The fourth-order valence-corrected chi connectivity index (χ4v) is 1.63. The van der Waals surface area contributed by atoms with Crippen molar-refractivity contribution in [1.82, 2.24) is 4.98 Å². The number of halogens is 1. The molecule has 0 saturated heterocycles. The van der Waals surface area contributed by atoms with Gasteiger partial charge in [0, 0.05) is 23.4 Å². The van der Waals surface area contributed by atoms with Gasteiger partial charge in [0.25, 0.3) is 0 Å². The zero-order valence-corrected chi connectivity index (χ0v) is 10.1. The van der Waals surface area contributed by atoms with Crippen molar-refractivity contribution in [2.45, 2.75) is 19.6 Å². The Morgan fingerprint density at radius 3 is 2.78 bits per heavy atom. The van der Waals surface area contributed by atoms with Gasteiger partial charge in [-0.1, -0.05) is 24.3 Å². The molecule has 1 heterocycles. The molecule has 0 aliphatic rings. The molecule has 2 rings (SSSR count). The number of aromatic nitrogens is 1. The zero-order chi connectivity index (χ0) is 13.0. The molecule has 0 spiro atoms. The molecule has 1 unspecified atom stereocenters. The average Bonchev–Trinajstić information content (AvgIpc) is 2.38. The zero-order valence-electron chi connectivity index (χ0n) is 10.1. The van der Waals surface area contributed by atoms with Crippen molar-refractivity contribution in [3.05, 3.63) is 59.5 Å². The molecule has 0 bridgehead atoms. The van der Waals surface area contributed by atoms with Crippen molar-refractivity contribution in [3.63, 3.8) is 0 Å². The number of ether oxygens (including phenoxy) is 1. The number of rotatable bonds is 4. The molecule has 2 aromatic rings. The Bertz CT molecular complexity index is 529. The van der Waals surface area contributed by atoms with Crippen LogP contribution in [-0.4, -0.2) is 4.98 Å². The molecule has 3 nitrogen and oxygen atoms in total. The average molecular weight is 246 g/mol. The Hall–Kier alpha value is -1.94. The van der Waals surface area contributed by atoms with Crippen LogP contribution in [-0.2, 0) is 6.61 Å². The Morgan fingerprint density at radius 1 is 1.28 bits per heavy atom. The van der Waals surface area contributed by atoms with Gasteiger partial charge in [0.1, 0.15) is 12.4 Å². The molecule has 4 heteroatoms. The van der Waals surface area contributed by atoms with E-state index in [1.807, 2.05) is 13.0 Å². The molecule has 0 radical (unpaired) electrons. The van der Waals surface area contributed by atoms with E-state index in [9.17, 15) is 4.39 Å². The van der Waals surface area contributed by atoms with Crippen LogP contribution in [0.25, 0.3) is 0 Å². The Labute approximate surface area is 105 Å². The smallest absolute Gasteiger partial charge is 0.218 e. The van der Waals surface area contributed by atoms with Crippen LogP contribution < -0.4 is 10.5 Å². The first-order valence-corrected chi connectivity index (χ1v) is 5.75. The summed E-state index contributed by atoms with van der Waals surface area (Å²) in [5.74, 6) is 0.173. The van der Waals surface area contributed by atoms with Crippen LogP contribution in [0.15, 0.2) is 42.6 Å². The molecule has 18 heavy (non-hydrogen) atoms. The van der Waals surface area contributed by atoms with E-state index < -0.39 is 0 Å². The van der Waals surface area contributed by atoms with Crippen molar-refractivity contribution >= 4 is 0 Å². The second kappa shape index (κ2) is 5.60. The van der Waals surface area contributed by atoms with Crippen LogP contribution in [0, 0.1) is 5.82 Å². The largest absolute Gasteiger partial charge is 0.472 e. The summed E-state index contributed by atoms with van der Waals surface area (Å²) in [7, 11) is 0. The van der Waals surface area contributed by atoms with Gasteiger partial charge in [-0.3, -0.25) is 0 Å². The molecule has 94 valence electrons. The van der Waals surface area contributed by atoms with Gasteiger partial charge in [-0.2, -0.15) is 0 Å². The van der Waals surface area contributed by atoms with Gasteiger partial charge in [-0.05, 0) is 19.1 Å². The van der Waals surface area contributed by atoms with Crippen LogP contribution in [0.3, 0.4) is 0 Å². The quantitative estimate of drug-likeness (QED) is 0.902. The second-order valence-electron chi connectivity index (χ2n) is 4.07. The third-order valence-electron chi connectivity index (χ3n) is 2.61. The fraction of sp³-hybridized carbons (Fsp3) is 0.214. The molecule has 0 aliphatic heterocycles. The van der Waals surface area contributed by atoms with E-state index in [-0.39, 0.29) is 18.5 Å². The lowest BCUT2D eigenvalue weighted by Gasteiger charge is -2.12. The van der Waals surface area contributed by atoms with E-state index in [1.54, 1.807) is 30.5 Å². The van der Waals surface area contributed by atoms with E-state index in [0.29, 0.717) is 11.4 Å². The van der Waals surface area contributed by atoms with E-state index in [0.717, 1.165) is 5.56 Å². The summed E-state index contributed by atoms with van der Waals surface area (Å²) in [6.07, 6.45) is 1.63. The number of nitrogens with two attached hydrogens (primary N) is 1. The lowest BCUT2D eigenvalue weighted by Crippen LogP contribution is -2.09. The Morgan fingerprint density at radius 2 is 2.06 bits per heavy atom. The fourth-order valence-electron chi connectivity index (χ4n) is 1.63. The summed E-state index contributed by atoms with van der Waals surface area (Å²) in [6, 6.07) is 9.99. The standard InChI is InChI=1S/C14H15FN2O/c1-10(16)12-6-4-8-17-14(12)18-9-11-5-2-3-7-13(11)15/h2-8,10H,9,16H2,1H3. The van der Waals surface area contributed by atoms with Crippen molar-refractivity contribution in [2.75, 3.05) is 0 Å². The third kappa shape index (κ3) is 2.84. The number of hydrogen-bond donors (Lipinski definition) is 1. The van der Waals surface area contributed by atoms with Gasteiger partial charge in [-0.15, -0.1) is 0 Å². The molecule has 1 atom stereocenters. The summed E-state index contributed by atoms with van der Waals surface area (Å²) in [6.45, 7) is 2.00. The van der Waals surface area contributed by atoms with E-state index in [2.05, 4.69) is 4.98 Å². The Balaban J connectivity index is 2.14. The predicted octanol–water partition coefficient (Wildman–Crippen LogP) is 2.82. The van der Waals surface area contributed by atoms with Gasteiger partial charge in [0.2, 0.25) is 5.88 Å². The third-order valence-corrected chi connectivity index (χ3v) is 2.61. The van der Waals surface area contributed by atoms with E-state index >= 15 is 0 Å². The lowest BCUT2D eigenvalue weighted by molar-refractivity contribution is 0.283. The number of pyridine rings is 1. The minimum Gasteiger partial charge on any atom is -0.472 e. The van der Waals surface area contributed by atoms with Crippen LogP contribution in [0.2, 0.25) is 0 Å². The maximum atomic E-state index is 13.4. The van der Waals surface area contributed by atoms with Crippen LogP contribution in [0.4, 0.5) is 4.39 Å². The highest BCUT2D eigenvalue weighted by atomic mass is 19.1. The van der Waals surface area contributed by atoms with Gasteiger partial charge in [0.15, 0.2) is 0 Å². The summed E-state index contributed by atoms with van der Waals surface area (Å²) < 4.78 is 19.0. The van der Waals surface area contributed by atoms with Crippen molar-refractivity contribution < 1.29 is 9.13 Å². The van der Waals surface area contributed by atoms with Crippen LogP contribution in [0.5, 0.6) is 5.88 Å². The van der Waals surface area contributed by atoms with E-state index in [4.69, 9.17) is 10.5 Å². The normalized spacial score (nSPS) is 12.2. The van der Waals surface area contributed by atoms with Gasteiger partial charge in [0.05, 0.1) is 0 Å². The topological polar surface area (TPSA) is 48.1 Å². The molecule has 0 fully saturated rings. The van der Waals surface area contributed by atoms with Crippen molar-refractivity contribution in [2.24, 2.45) is 5.73 Å². The summed E-state index contributed by atoms with van der Waals surface area (Å²) in [5.41, 5.74) is 7.13. The lowest BCUT2D eigenvalue weighted by atomic mass is 10.1. The summed E-state index contributed by atoms with van der Waals surface area (Å²) in [4.78, 5) is 4.12. The van der Waals surface area contributed by atoms with Crippen LogP contribution >= 0.6 is 0 Å². The minimum atomic E-state index is -0.282. The molecule has 2 N–H and O–H groups in total. The highest BCUT2D eigenvalue weighted by Crippen LogP contribution is 2.21. The van der Waals surface area contributed by atoms with Crippen molar-refractivity contribution in [3.8, 4) is 5.88 Å². The molecule has 0 saturated carbocycles. The summed E-state index contributed by atoms with van der Waals surface area (Å²) in [5, 5.41) is 0. The Kier molecular flexibility index (Phi) is 3.89. The van der Waals surface area contributed by atoms with Crippen molar-refractivity contribution in [1.29, 1.82) is 0 Å². The van der Waals surface area contributed by atoms with Crippen LogP contribution in [0.1, 0.15) is 24.1 Å². The highest BCUT2D eigenvalue weighted by molar-refractivity contribution is 5.28. The second-order valence-corrected chi connectivity index (χ2v) is 4.07. The summed E-state index contributed by atoms with van der Waals surface area (Å²) >= 11 is 0. The predicted molar refractivity (Wildman–Crippen MR) is 67.6 cm³/mol. The first kappa shape index (κ1) is 12.5. The molecule has 0 aliphatic carbocycles. The number of hydrogen-bond acceptors (Lipinski definition) is 3. The molecule has 1 aromatic carbocycles. The maximum Gasteiger partial charge on any atom is 0.218 e.